The molecular weight excluding hydrogens is 394 g/mol. The highest BCUT2D eigenvalue weighted by Gasteiger charge is 2.35. The summed E-state index contributed by atoms with van der Waals surface area (Å²) < 4.78 is 5.63. The molecule has 31 heavy (non-hydrogen) atoms. The summed E-state index contributed by atoms with van der Waals surface area (Å²) >= 11 is 0. The van der Waals surface area contributed by atoms with Crippen LogP contribution in [0.3, 0.4) is 0 Å². The molecule has 1 atom stereocenters. The van der Waals surface area contributed by atoms with Crippen molar-refractivity contribution < 1.29 is 19.1 Å². The van der Waals surface area contributed by atoms with Gasteiger partial charge in [-0.3, -0.25) is 14.4 Å². The van der Waals surface area contributed by atoms with Crippen LogP contribution in [-0.2, 0) is 9.59 Å². The predicted molar refractivity (Wildman–Crippen MR) is 120 cm³/mol. The number of para-hydroxylation sites is 1. The van der Waals surface area contributed by atoms with Gasteiger partial charge in [0, 0.05) is 25.2 Å². The summed E-state index contributed by atoms with van der Waals surface area (Å²) in [7, 11) is 0. The molecule has 2 aromatic carbocycles. The van der Waals surface area contributed by atoms with Gasteiger partial charge in [0.05, 0.1) is 23.3 Å². The van der Waals surface area contributed by atoms with E-state index in [2.05, 4.69) is 17.2 Å². The smallest absolute Gasteiger partial charge is 0.253 e. The van der Waals surface area contributed by atoms with Gasteiger partial charge in [0.1, 0.15) is 5.75 Å². The molecule has 3 rings (SSSR count). The molecule has 7 nitrogen and oxygen atoms in total. The van der Waals surface area contributed by atoms with Crippen LogP contribution in [0.2, 0.25) is 0 Å². The summed E-state index contributed by atoms with van der Waals surface area (Å²) in [5.74, 6) is -0.493. The molecule has 3 amide bonds. The number of carbonyl (C=O) groups excluding carboxylic acids is 3. The average Bonchev–Trinajstić information content (AvgIpc) is 3.14. The number of carbonyl (C=O) groups is 3. The highest BCUT2D eigenvalue weighted by Crippen LogP contribution is 2.28. The lowest BCUT2D eigenvalue weighted by Crippen LogP contribution is -2.29. The Morgan fingerprint density at radius 3 is 2.58 bits per heavy atom. The first-order valence-corrected chi connectivity index (χ1v) is 10.2. The van der Waals surface area contributed by atoms with Gasteiger partial charge in [-0.2, -0.15) is 0 Å². The number of hydrogen-bond donors (Lipinski definition) is 2. The number of amides is 3. The third kappa shape index (κ3) is 5.51. The quantitative estimate of drug-likeness (QED) is 0.640. The lowest BCUT2D eigenvalue weighted by molar-refractivity contribution is -0.122. The molecule has 0 unspecified atom stereocenters. The lowest BCUT2D eigenvalue weighted by Gasteiger charge is -2.18. The summed E-state index contributed by atoms with van der Waals surface area (Å²) in [5.41, 5.74) is 1.50. The number of hydrogen-bond acceptors (Lipinski definition) is 4. The van der Waals surface area contributed by atoms with Gasteiger partial charge in [0.2, 0.25) is 11.8 Å². The Morgan fingerprint density at radius 2 is 1.90 bits per heavy atom. The Labute approximate surface area is 182 Å². The number of anilines is 2. The van der Waals surface area contributed by atoms with E-state index in [0.29, 0.717) is 17.8 Å². The monoisotopic (exact) mass is 421 g/mol. The van der Waals surface area contributed by atoms with Gasteiger partial charge in [0.25, 0.3) is 5.91 Å². The molecule has 0 radical (unpaired) electrons. The summed E-state index contributed by atoms with van der Waals surface area (Å²) in [6.07, 6.45) is 1.76. The molecule has 0 aromatic heterocycles. The van der Waals surface area contributed by atoms with Crippen LogP contribution in [0.25, 0.3) is 0 Å². The number of nitrogens with zero attached hydrogens (tertiary/aromatic N) is 1. The van der Waals surface area contributed by atoms with Crippen molar-refractivity contribution in [3.8, 4) is 5.75 Å². The van der Waals surface area contributed by atoms with Crippen molar-refractivity contribution in [3.63, 3.8) is 0 Å². The van der Waals surface area contributed by atoms with Crippen molar-refractivity contribution in [3.05, 3.63) is 66.7 Å². The van der Waals surface area contributed by atoms with E-state index in [1.54, 1.807) is 35.2 Å². The van der Waals surface area contributed by atoms with Crippen molar-refractivity contribution in [1.82, 2.24) is 5.32 Å². The summed E-state index contributed by atoms with van der Waals surface area (Å²) in [5, 5.41) is 5.51. The van der Waals surface area contributed by atoms with Crippen LogP contribution >= 0.6 is 0 Å². The van der Waals surface area contributed by atoms with E-state index in [4.69, 9.17) is 4.74 Å². The second-order valence-corrected chi connectivity index (χ2v) is 7.60. The molecular formula is C24H27N3O4. The predicted octanol–water partition coefficient (Wildman–Crippen LogP) is 3.38. The standard InChI is InChI=1S/C24H27N3O4/c1-4-13-25-24(30)20-7-5-6-8-21(20)26-23(29)17-14-22(28)27(15-17)18-9-11-19(12-10-18)31-16(2)3/h4-12,16-17H,1,13-15H2,2-3H3,(H,25,30)(H,26,29)/t17-/m1/s1. The molecule has 0 spiro atoms. The van der Waals surface area contributed by atoms with Crippen molar-refractivity contribution in [2.24, 2.45) is 5.92 Å². The third-order valence-corrected chi connectivity index (χ3v) is 4.85. The Bertz CT molecular complexity index is 969. The molecule has 162 valence electrons. The zero-order valence-electron chi connectivity index (χ0n) is 17.8. The lowest BCUT2D eigenvalue weighted by atomic mass is 10.1. The molecule has 2 N–H and O–H groups in total. The highest BCUT2D eigenvalue weighted by atomic mass is 16.5. The Morgan fingerprint density at radius 1 is 1.19 bits per heavy atom. The van der Waals surface area contributed by atoms with E-state index >= 15 is 0 Å². The van der Waals surface area contributed by atoms with Crippen LogP contribution in [-0.4, -0.2) is 36.9 Å². The first-order valence-electron chi connectivity index (χ1n) is 10.2. The van der Waals surface area contributed by atoms with Gasteiger partial charge >= 0.3 is 0 Å². The molecule has 1 aliphatic heterocycles. The van der Waals surface area contributed by atoms with Gasteiger partial charge < -0.3 is 20.3 Å². The molecule has 1 heterocycles. The second kappa shape index (κ2) is 9.93. The number of ether oxygens (including phenoxy) is 1. The molecule has 2 aromatic rings. The van der Waals surface area contributed by atoms with Crippen LogP contribution in [0.1, 0.15) is 30.6 Å². The van der Waals surface area contributed by atoms with Gasteiger partial charge in [0.15, 0.2) is 0 Å². The zero-order chi connectivity index (χ0) is 22.4. The van der Waals surface area contributed by atoms with Gasteiger partial charge in [-0.05, 0) is 50.2 Å². The van der Waals surface area contributed by atoms with Crippen molar-refractivity contribution in [2.75, 3.05) is 23.3 Å². The first kappa shape index (κ1) is 22.1. The summed E-state index contributed by atoms with van der Waals surface area (Å²) in [6, 6.07) is 14.0. The van der Waals surface area contributed by atoms with Crippen molar-refractivity contribution in [1.29, 1.82) is 0 Å². The van der Waals surface area contributed by atoms with Gasteiger partial charge in [-0.15, -0.1) is 6.58 Å². The van der Waals surface area contributed by atoms with E-state index in [1.165, 1.54) is 0 Å². The fraction of sp³-hybridized carbons (Fsp3) is 0.292. The van der Waals surface area contributed by atoms with Crippen LogP contribution in [0.4, 0.5) is 11.4 Å². The van der Waals surface area contributed by atoms with Gasteiger partial charge in [-0.1, -0.05) is 18.2 Å². The minimum absolute atomic E-state index is 0.0640. The molecule has 1 saturated heterocycles. The number of rotatable bonds is 8. The van der Waals surface area contributed by atoms with Crippen molar-refractivity contribution >= 4 is 29.1 Å². The Hall–Kier alpha value is -3.61. The highest BCUT2D eigenvalue weighted by molar-refractivity contribution is 6.07. The summed E-state index contributed by atoms with van der Waals surface area (Å²) in [6.45, 7) is 8.08. The SMILES string of the molecule is C=CCNC(=O)c1ccccc1NC(=O)[C@@H]1CC(=O)N(c2ccc(OC(C)C)cc2)C1. The molecule has 0 aliphatic carbocycles. The van der Waals surface area contributed by atoms with E-state index in [9.17, 15) is 14.4 Å². The first-order chi connectivity index (χ1) is 14.9. The normalized spacial score (nSPS) is 15.6. The molecule has 1 aliphatic rings. The van der Waals surface area contributed by atoms with Gasteiger partial charge in [-0.25, -0.2) is 0 Å². The Balaban J connectivity index is 1.67. The fourth-order valence-electron chi connectivity index (χ4n) is 3.39. The van der Waals surface area contributed by atoms with Crippen LogP contribution < -0.4 is 20.3 Å². The van der Waals surface area contributed by atoms with E-state index in [0.717, 1.165) is 11.4 Å². The minimum atomic E-state index is -0.511. The average molecular weight is 421 g/mol. The van der Waals surface area contributed by atoms with E-state index in [1.807, 2.05) is 38.1 Å². The zero-order valence-corrected chi connectivity index (χ0v) is 17.8. The second-order valence-electron chi connectivity index (χ2n) is 7.60. The van der Waals surface area contributed by atoms with Crippen LogP contribution in [0.5, 0.6) is 5.75 Å². The van der Waals surface area contributed by atoms with E-state index in [-0.39, 0.29) is 36.8 Å². The topological polar surface area (TPSA) is 87.7 Å². The van der Waals surface area contributed by atoms with Crippen molar-refractivity contribution in [2.45, 2.75) is 26.4 Å². The summed E-state index contributed by atoms with van der Waals surface area (Å²) in [4.78, 5) is 39.3. The number of nitrogens with one attached hydrogen (secondary N) is 2. The Kier molecular flexibility index (Phi) is 7.07. The molecule has 0 bridgehead atoms. The molecule has 1 fully saturated rings. The maximum Gasteiger partial charge on any atom is 0.253 e. The minimum Gasteiger partial charge on any atom is -0.491 e. The number of benzene rings is 2. The third-order valence-electron chi connectivity index (χ3n) is 4.85. The fourth-order valence-corrected chi connectivity index (χ4v) is 3.39. The largest absolute Gasteiger partial charge is 0.491 e. The van der Waals surface area contributed by atoms with Crippen LogP contribution in [0, 0.1) is 5.92 Å². The maximum absolute atomic E-state index is 12.8. The van der Waals surface area contributed by atoms with E-state index < -0.39 is 5.92 Å². The maximum atomic E-state index is 12.8. The van der Waals surface area contributed by atoms with Crippen LogP contribution in [0.15, 0.2) is 61.2 Å². The molecule has 7 heteroatoms. The molecule has 0 saturated carbocycles.